The predicted octanol–water partition coefficient (Wildman–Crippen LogP) is 4.04. The number of ether oxygens (including phenoxy) is 2. The Labute approximate surface area is 129 Å². The minimum atomic E-state index is -0.576. The quantitative estimate of drug-likeness (QED) is 0.930. The molecule has 0 fully saturated rings. The van der Waals surface area contributed by atoms with Crippen molar-refractivity contribution in [3.05, 3.63) is 64.2 Å². The standard InChI is InChI=1S/C17H17ClO3/c1-20-10-11-4-2-3-5-13(11)17-9-15(19)14-8-12(18)6-7-16(14)21-17/h2-8,15,17,19H,9-10H2,1H3/t15-,17?/m1/s1. The van der Waals surface area contributed by atoms with Gasteiger partial charge in [0.2, 0.25) is 0 Å². The summed E-state index contributed by atoms with van der Waals surface area (Å²) in [5, 5.41) is 11.0. The number of hydrogen-bond acceptors (Lipinski definition) is 3. The maximum Gasteiger partial charge on any atom is 0.127 e. The molecule has 0 radical (unpaired) electrons. The number of halogens is 1. The highest BCUT2D eigenvalue weighted by Gasteiger charge is 2.29. The molecule has 2 atom stereocenters. The average Bonchev–Trinajstić information content (AvgIpc) is 2.49. The lowest BCUT2D eigenvalue weighted by atomic mass is 9.92. The molecule has 0 aromatic heterocycles. The Hall–Kier alpha value is -1.55. The number of methoxy groups -OCH3 is 1. The molecule has 110 valence electrons. The summed E-state index contributed by atoms with van der Waals surface area (Å²) >= 11 is 5.98. The van der Waals surface area contributed by atoms with Gasteiger partial charge in [0.1, 0.15) is 11.9 Å². The zero-order valence-corrected chi connectivity index (χ0v) is 12.5. The van der Waals surface area contributed by atoms with Crippen LogP contribution >= 0.6 is 11.6 Å². The van der Waals surface area contributed by atoms with Crippen molar-refractivity contribution in [2.45, 2.75) is 25.2 Å². The molecule has 2 aromatic carbocycles. The van der Waals surface area contributed by atoms with Crippen molar-refractivity contribution < 1.29 is 14.6 Å². The summed E-state index contributed by atoms with van der Waals surface area (Å²) in [5.74, 6) is 0.690. The summed E-state index contributed by atoms with van der Waals surface area (Å²) in [6, 6.07) is 13.3. The van der Waals surface area contributed by atoms with E-state index < -0.39 is 6.10 Å². The van der Waals surface area contributed by atoms with E-state index in [1.54, 1.807) is 19.2 Å². The van der Waals surface area contributed by atoms with Crippen LogP contribution in [0.2, 0.25) is 5.02 Å². The summed E-state index contributed by atoms with van der Waals surface area (Å²) in [4.78, 5) is 0. The summed E-state index contributed by atoms with van der Waals surface area (Å²) in [6.45, 7) is 0.527. The van der Waals surface area contributed by atoms with Gasteiger partial charge in [0.25, 0.3) is 0 Å². The lowest BCUT2D eigenvalue weighted by Crippen LogP contribution is -2.20. The van der Waals surface area contributed by atoms with Crippen molar-refractivity contribution in [2.75, 3.05) is 7.11 Å². The number of rotatable bonds is 3. The van der Waals surface area contributed by atoms with E-state index in [4.69, 9.17) is 21.1 Å². The van der Waals surface area contributed by atoms with E-state index in [0.717, 1.165) is 16.7 Å². The van der Waals surface area contributed by atoms with Crippen molar-refractivity contribution in [1.29, 1.82) is 0 Å². The molecule has 0 amide bonds. The van der Waals surface area contributed by atoms with Crippen LogP contribution in [-0.4, -0.2) is 12.2 Å². The molecule has 2 aromatic rings. The Bertz CT molecular complexity index is 642. The van der Waals surface area contributed by atoms with Crippen LogP contribution in [-0.2, 0) is 11.3 Å². The summed E-state index contributed by atoms with van der Waals surface area (Å²) in [7, 11) is 1.67. The van der Waals surface area contributed by atoms with Crippen LogP contribution in [0, 0.1) is 0 Å². The third-order valence-electron chi connectivity index (χ3n) is 3.74. The first kappa shape index (κ1) is 14.4. The smallest absolute Gasteiger partial charge is 0.127 e. The molecule has 1 N–H and O–H groups in total. The van der Waals surface area contributed by atoms with Gasteiger partial charge in [-0.25, -0.2) is 0 Å². The van der Waals surface area contributed by atoms with Crippen molar-refractivity contribution in [2.24, 2.45) is 0 Å². The maximum atomic E-state index is 10.4. The number of benzene rings is 2. The van der Waals surface area contributed by atoms with Crippen molar-refractivity contribution in [1.82, 2.24) is 0 Å². The van der Waals surface area contributed by atoms with Gasteiger partial charge in [-0.05, 0) is 29.3 Å². The fraction of sp³-hybridized carbons (Fsp3) is 0.294. The molecule has 1 unspecified atom stereocenters. The average molecular weight is 305 g/mol. The molecule has 0 spiro atoms. The van der Waals surface area contributed by atoms with E-state index >= 15 is 0 Å². The maximum absolute atomic E-state index is 10.4. The van der Waals surface area contributed by atoms with Crippen molar-refractivity contribution in [3.8, 4) is 5.75 Å². The van der Waals surface area contributed by atoms with E-state index in [9.17, 15) is 5.11 Å². The SMILES string of the molecule is COCc1ccccc1C1C[C@@H](O)c2cc(Cl)ccc2O1. The van der Waals surface area contributed by atoms with Gasteiger partial charge in [-0.1, -0.05) is 35.9 Å². The number of hydrogen-bond donors (Lipinski definition) is 1. The Balaban J connectivity index is 1.94. The van der Waals surface area contributed by atoms with Crippen LogP contribution in [0.25, 0.3) is 0 Å². The third kappa shape index (κ3) is 2.91. The molecule has 0 aliphatic carbocycles. The van der Waals surface area contributed by atoms with E-state index in [2.05, 4.69) is 0 Å². The Morgan fingerprint density at radius 2 is 2.05 bits per heavy atom. The minimum absolute atomic E-state index is 0.181. The first-order valence-electron chi connectivity index (χ1n) is 6.90. The molecule has 1 heterocycles. The van der Waals surface area contributed by atoms with Gasteiger partial charge < -0.3 is 14.6 Å². The van der Waals surface area contributed by atoms with Gasteiger partial charge >= 0.3 is 0 Å². The van der Waals surface area contributed by atoms with Gasteiger partial charge in [0, 0.05) is 24.1 Å². The van der Waals surface area contributed by atoms with Gasteiger partial charge in [-0.3, -0.25) is 0 Å². The highest BCUT2D eigenvalue weighted by Crippen LogP contribution is 2.42. The van der Waals surface area contributed by atoms with E-state index in [0.29, 0.717) is 23.8 Å². The fourth-order valence-corrected chi connectivity index (χ4v) is 2.92. The van der Waals surface area contributed by atoms with E-state index in [-0.39, 0.29) is 6.10 Å². The zero-order valence-electron chi connectivity index (χ0n) is 11.8. The Morgan fingerprint density at radius 1 is 1.24 bits per heavy atom. The molecular weight excluding hydrogens is 288 g/mol. The van der Waals surface area contributed by atoms with Crippen LogP contribution in [0.5, 0.6) is 5.75 Å². The normalized spacial score (nSPS) is 20.7. The second-order valence-electron chi connectivity index (χ2n) is 5.17. The highest BCUT2D eigenvalue weighted by atomic mass is 35.5. The lowest BCUT2D eigenvalue weighted by Gasteiger charge is -2.31. The van der Waals surface area contributed by atoms with E-state index in [1.807, 2.05) is 30.3 Å². The van der Waals surface area contributed by atoms with Gasteiger partial charge in [0.15, 0.2) is 0 Å². The molecule has 0 bridgehead atoms. The number of aliphatic hydroxyl groups is 1. The van der Waals surface area contributed by atoms with E-state index in [1.165, 1.54) is 0 Å². The first-order valence-corrected chi connectivity index (χ1v) is 7.27. The van der Waals surface area contributed by atoms with Crippen LogP contribution < -0.4 is 4.74 Å². The summed E-state index contributed by atoms with van der Waals surface area (Å²) in [5.41, 5.74) is 2.89. The second kappa shape index (κ2) is 6.06. The van der Waals surface area contributed by atoms with Crippen molar-refractivity contribution >= 4 is 11.6 Å². The molecule has 0 saturated carbocycles. The topological polar surface area (TPSA) is 38.7 Å². The van der Waals surface area contributed by atoms with Gasteiger partial charge in [-0.15, -0.1) is 0 Å². The molecule has 4 heteroatoms. The Morgan fingerprint density at radius 3 is 2.86 bits per heavy atom. The summed E-state index contributed by atoms with van der Waals surface area (Å²) in [6.07, 6.45) is -0.248. The van der Waals surface area contributed by atoms with Crippen molar-refractivity contribution in [3.63, 3.8) is 0 Å². The molecule has 21 heavy (non-hydrogen) atoms. The van der Waals surface area contributed by atoms with Gasteiger partial charge in [0.05, 0.1) is 12.7 Å². The predicted molar refractivity (Wildman–Crippen MR) is 81.6 cm³/mol. The summed E-state index contributed by atoms with van der Waals surface area (Å²) < 4.78 is 11.3. The molecule has 1 aliphatic rings. The van der Waals surface area contributed by atoms with Crippen LogP contribution in [0.1, 0.15) is 35.3 Å². The van der Waals surface area contributed by atoms with Crippen LogP contribution in [0.15, 0.2) is 42.5 Å². The first-order chi connectivity index (χ1) is 10.2. The lowest BCUT2D eigenvalue weighted by molar-refractivity contribution is 0.0642. The molecule has 0 saturated heterocycles. The largest absolute Gasteiger partial charge is 0.485 e. The number of aliphatic hydroxyl groups excluding tert-OH is 1. The monoisotopic (exact) mass is 304 g/mol. The van der Waals surface area contributed by atoms with Crippen LogP contribution in [0.3, 0.4) is 0 Å². The zero-order chi connectivity index (χ0) is 14.8. The highest BCUT2D eigenvalue weighted by molar-refractivity contribution is 6.30. The minimum Gasteiger partial charge on any atom is -0.485 e. The Kier molecular flexibility index (Phi) is 4.15. The molecule has 3 rings (SSSR count). The number of fused-ring (bicyclic) bond motifs is 1. The molecule has 3 nitrogen and oxygen atoms in total. The third-order valence-corrected chi connectivity index (χ3v) is 3.97. The second-order valence-corrected chi connectivity index (χ2v) is 5.61. The molecular formula is C17H17ClO3. The molecule has 1 aliphatic heterocycles. The fourth-order valence-electron chi connectivity index (χ4n) is 2.74. The van der Waals surface area contributed by atoms with Crippen LogP contribution in [0.4, 0.5) is 0 Å². The van der Waals surface area contributed by atoms with Gasteiger partial charge in [-0.2, -0.15) is 0 Å².